The van der Waals surface area contributed by atoms with Crippen LogP contribution in [0.4, 0.5) is 0 Å². The van der Waals surface area contributed by atoms with Gasteiger partial charge < -0.3 is 15.8 Å². The Hall–Kier alpha value is -1.10. The van der Waals surface area contributed by atoms with Gasteiger partial charge in [0.25, 0.3) is 0 Å². The van der Waals surface area contributed by atoms with Crippen molar-refractivity contribution in [3.8, 4) is 0 Å². The van der Waals surface area contributed by atoms with Crippen molar-refractivity contribution in [1.29, 1.82) is 0 Å². The van der Waals surface area contributed by atoms with Crippen molar-refractivity contribution in [2.75, 3.05) is 6.61 Å². The molecule has 0 radical (unpaired) electrons. The van der Waals surface area contributed by atoms with E-state index in [1.807, 2.05) is 32.9 Å². The van der Waals surface area contributed by atoms with Crippen molar-refractivity contribution in [1.82, 2.24) is 5.32 Å². The number of amides is 1. The maximum absolute atomic E-state index is 13.1. The summed E-state index contributed by atoms with van der Waals surface area (Å²) in [4.78, 5) is 13.1. The molecule has 2 rings (SSSR count). The first-order chi connectivity index (χ1) is 11.6. The first-order valence-electron chi connectivity index (χ1n) is 9.40. The predicted octanol–water partition coefficient (Wildman–Crippen LogP) is 4.15. The first kappa shape index (κ1) is 22.9. The molecule has 0 saturated heterocycles. The Kier molecular flexibility index (Phi) is 7.70. The minimum Gasteiger partial charge on any atom is -0.378 e. The SMILES string of the molecule is CCOC1CC(N)(C(=O)NC(CC(C)C)c2ccccc2C)C1(C)C.Cl. The molecular weight excluding hydrogens is 348 g/mol. The van der Waals surface area contributed by atoms with Gasteiger partial charge in [-0.25, -0.2) is 0 Å². The van der Waals surface area contributed by atoms with Gasteiger partial charge in [-0.2, -0.15) is 0 Å². The van der Waals surface area contributed by atoms with Crippen LogP contribution >= 0.6 is 12.4 Å². The fraction of sp³-hybridized carbons (Fsp3) is 0.667. The molecule has 0 bridgehead atoms. The normalized spacial score (nSPS) is 25.2. The number of halogens is 1. The summed E-state index contributed by atoms with van der Waals surface area (Å²) in [6.45, 7) is 13.1. The summed E-state index contributed by atoms with van der Waals surface area (Å²) in [5, 5.41) is 3.25. The Morgan fingerprint density at radius 3 is 2.46 bits per heavy atom. The molecule has 0 spiro atoms. The third-order valence-corrected chi connectivity index (χ3v) is 5.81. The number of hydrogen-bond donors (Lipinski definition) is 2. The Morgan fingerprint density at radius 1 is 1.35 bits per heavy atom. The molecule has 1 amide bonds. The van der Waals surface area contributed by atoms with Crippen LogP contribution in [0.15, 0.2) is 24.3 Å². The number of carbonyl (C=O) groups excluding carboxylic acids is 1. The molecule has 26 heavy (non-hydrogen) atoms. The average Bonchev–Trinajstić information content (AvgIpc) is 2.53. The molecule has 3 unspecified atom stereocenters. The zero-order valence-corrected chi connectivity index (χ0v) is 17.8. The van der Waals surface area contributed by atoms with E-state index in [0.717, 1.165) is 6.42 Å². The molecular formula is C21H35ClN2O2. The quantitative estimate of drug-likeness (QED) is 0.744. The smallest absolute Gasteiger partial charge is 0.241 e. The minimum absolute atomic E-state index is 0. The standard InChI is InChI=1S/C21H34N2O2.ClH/c1-7-25-18-13-21(22,20(18,5)6)19(24)23-17(12-14(2)3)16-11-9-8-10-15(16)4;/h8-11,14,17-18H,7,12-13,22H2,1-6H3,(H,23,24);1H. The van der Waals surface area contributed by atoms with E-state index >= 15 is 0 Å². The number of aryl methyl sites for hydroxylation is 1. The van der Waals surface area contributed by atoms with Gasteiger partial charge in [-0.05, 0) is 37.3 Å². The van der Waals surface area contributed by atoms with Crippen LogP contribution in [-0.4, -0.2) is 24.2 Å². The molecule has 1 aliphatic carbocycles. The van der Waals surface area contributed by atoms with Crippen LogP contribution in [0.25, 0.3) is 0 Å². The second-order valence-corrected chi connectivity index (χ2v) is 8.35. The maximum Gasteiger partial charge on any atom is 0.241 e. The highest BCUT2D eigenvalue weighted by Gasteiger charge is 2.63. The third kappa shape index (κ3) is 4.24. The van der Waals surface area contributed by atoms with Crippen LogP contribution in [0.5, 0.6) is 0 Å². The number of benzene rings is 1. The molecule has 3 N–H and O–H groups in total. The third-order valence-electron chi connectivity index (χ3n) is 5.81. The van der Waals surface area contributed by atoms with Crippen molar-refractivity contribution in [2.24, 2.45) is 17.1 Å². The van der Waals surface area contributed by atoms with Crippen LogP contribution in [0.1, 0.15) is 64.6 Å². The lowest BCUT2D eigenvalue weighted by Gasteiger charge is -2.57. The molecule has 1 saturated carbocycles. The van der Waals surface area contributed by atoms with E-state index in [9.17, 15) is 4.79 Å². The van der Waals surface area contributed by atoms with E-state index < -0.39 is 5.54 Å². The Morgan fingerprint density at radius 2 is 1.96 bits per heavy atom. The lowest BCUT2D eigenvalue weighted by atomic mass is 9.54. The monoisotopic (exact) mass is 382 g/mol. The van der Waals surface area contributed by atoms with Gasteiger partial charge in [0.15, 0.2) is 0 Å². The minimum atomic E-state index is -0.884. The molecule has 4 nitrogen and oxygen atoms in total. The number of ether oxygens (including phenoxy) is 1. The van der Waals surface area contributed by atoms with Crippen molar-refractivity contribution < 1.29 is 9.53 Å². The average molecular weight is 383 g/mol. The van der Waals surface area contributed by atoms with Gasteiger partial charge in [0.1, 0.15) is 5.54 Å². The Bertz CT molecular complexity index is 618. The molecule has 1 aromatic carbocycles. The molecule has 148 valence electrons. The van der Waals surface area contributed by atoms with E-state index in [1.54, 1.807) is 0 Å². The summed E-state index contributed by atoms with van der Waals surface area (Å²) >= 11 is 0. The van der Waals surface area contributed by atoms with Crippen molar-refractivity contribution in [2.45, 2.75) is 72.1 Å². The van der Waals surface area contributed by atoms with E-state index in [4.69, 9.17) is 10.5 Å². The van der Waals surface area contributed by atoms with E-state index in [-0.39, 0.29) is 35.9 Å². The second kappa shape index (κ2) is 8.73. The fourth-order valence-corrected chi connectivity index (χ4v) is 3.82. The second-order valence-electron chi connectivity index (χ2n) is 8.35. The van der Waals surface area contributed by atoms with Crippen molar-refractivity contribution in [3.63, 3.8) is 0 Å². The molecule has 1 aromatic rings. The predicted molar refractivity (Wildman–Crippen MR) is 109 cm³/mol. The zero-order valence-electron chi connectivity index (χ0n) is 17.0. The van der Waals surface area contributed by atoms with Crippen molar-refractivity contribution >= 4 is 18.3 Å². The van der Waals surface area contributed by atoms with Gasteiger partial charge in [-0.15, -0.1) is 12.4 Å². The Labute approximate surface area is 164 Å². The lowest BCUT2D eigenvalue weighted by molar-refractivity contribution is -0.171. The van der Waals surface area contributed by atoms with Crippen LogP contribution < -0.4 is 11.1 Å². The van der Waals surface area contributed by atoms with Gasteiger partial charge in [0.05, 0.1) is 12.1 Å². The summed E-state index contributed by atoms with van der Waals surface area (Å²) in [6, 6.07) is 8.22. The molecule has 5 heteroatoms. The highest BCUT2D eigenvalue weighted by Crippen LogP contribution is 2.50. The fourth-order valence-electron chi connectivity index (χ4n) is 3.82. The number of nitrogens with two attached hydrogens (primary N) is 1. The largest absolute Gasteiger partial charge is 0.378 e. The zero-order chi connectivity index (χ0) is 18.8. The van der Waals surface area contributed by atoms with E-state index in [1.165, 1.54) is 11.1 Å². The molecule has 0 heterocycles. The van der Waals surface area contributed by atoms with Gasteiger partial charge >= 0.3 is 0 Å². The Balaban J connectivity index is 0.00000338. The van der Waals surface area contributed by atoms with Gasteiger partial charge in [0.2, 0.25) is 5.91 Å². The van der Waals surface area contributed by atoms with Gasteiger partial charge in [-0.3, -0.25) is 4.79 Å². The summed E-state index contributed by atoms with van der Waals surface area (Å²) in [6.07, 6.45) is 1.50. The summed E-state index contributed by atoms with van der Waals surface area (Å²) in [5.41, 5.74) is 7.66. The molecule has 1 fully saturated rings. The lowest BCUT2D eigenvalue weighted by Crippen LogP contribution is -2.75. The molecule has 0 aromatic heterocycles. The molecule has 3 atom stereocenters. The van der Waals surface area contributed by atoms with Crippen LogP contribution in [0.3, 0.4) is 0 Å². The number of rotatable bonds is 7. The van der Waals surface area contributed by atoms with E-state index in [0.29, 0.717) is 18.9 Å². The van der Waals surface area contributed by atoms with Crippen LogP contribution in [0, 0.1) is 18.3 Å². The number of nitrogens with one attached hydrogen (secondary N) is 1. The number of hydrogen-bond acceptors (Lipinski definition) is 3. The number of carbonyl (C=O) groups is 1. The van der Waals surface area contributed by atoms with Gasteiger partial charge in [-0.1, -0.05) is 52.0 Å². The molecule has 0 aliphatic heterocycles. The van der Waals surface area contributed by atoms with Crippen LogP contribution in [-0.2, 0) is 9.53 Å². The highest BCUT2D eigenvalue weighted by molar-refractivity contribution is 5.89. The maximum atomic E-state index is 13.1. The molecule has 1 aliphatic rings. The van der Waals surface area contributed by atoms with E-state index in [2.05, 4.69) is 38.2 Å². The first-order valence-corrected chi connectivity index (χ1v) is 9.40. The highest BCUT2D eigenvalue weighted by atomic mass is 35.5. The van der Waals surface area contributed by atoms with Crippen molar-refractivity contribution in [3.05, 3.63) is 35.4 Å². The topological polar surface area (TPSA) is 64.3 Å². The summed E-state index contributed by atoms with van der Waals surface area (Å²) < 4.78 is 5.75. The summed E-state index contributed by atoms with van der Waals surface area (Å²) in [7, 11) is 0. The van der Waals surface area contributed by atoms with Crippen LogP contribution in [0.2, 0.25) is 0 Å². The van der Waals surface area contributed by atoms with Gasteiger partial charge in [0, 0.05) is 18.4 Å². The summed E-state index contributed by atoms with van der Waals surface area (Å²) in [5.74, 6) is 0.409.